The van der Waals surface area contributed by atoms with Crippen LogP contribution >= 0.6 is 34.0 Å². The first-order valence-electron chi connectivity index (χ1n) is 9.30. The molecule has 0 amide bonds. The number of methoxy groups -OCH3 is 2. The number of H-pyrrole nitrogens is 1. The van der Waals surface area contributed by atoms with Crippen LogP contribution in [0.5, 0.6) is 11.5 Å². The average molecular weight is 512 g/mol. The summed E-state index contributed by atoms with van der Waals surface area (Å²) in [5, 5.41) is 0.738. The molecule has 7 nitrogen and oxygen atoms in total. The van der Waals surface area contributed by atoms with E-state index < -0.39 is 0 Å². The Morgan fingerprint density at radius 3 is 2.53 bits per heavy atom. The first kappa shape index (κ1) is 26.1. The van der Waals surface area contributed by atoms with Gasteiger partial charge in [-0.1, -0.05) is 15.8 Å². The normalized spacial score (nSPS) is 10.4. The molecule has 11 heteroatoms. The second kappa shape index (κ2) is 11.6. The Labute approximate surface area is 207 Å². The highest BCUT2D eigenvalue weighted by molar-refractivity contribution is 8.76. The monoisotopic (exact) mass is 511 g/mol. The first-order chi connectivity index (χ1) is 14.6. The Morgan fingerprint density at radius 1 is 1.09 bits per heavy atom. The number of pyridine rings is 1. The molecule has 0 unspecified atom stereocenters. The third kappa shape index (κ3) is 5.40. The minimum absolute atomic E-state index is 0. The van der Waals surface area contributed by atoms with E-state index in [1.165, 1.54) is 0 Å². The van der Waals surface area contributed by atoms with Crippen molar-refractivity contribution in [2.24, 2.45) is 0 Å². The van der Waals surface area contributed by atoms with Crippen LogP contribution in [0.15, 0.2) is 48.0 Å². The number of hydrogen-bond acceptors (Lipinski definition) is 7. The van der Waals surface area contributed by atoms with Gasteiger partial charge in [0, 0.05) is 29.6 Å². The van der Waals surface area contributed by atoms with Crippen molar-refractivity contribution in [1.82, 2.24) is 19.9 Å². The average Bonchev–Trinajstić information content (AvgIpc) is 3.19. The van der Waals surface area contributed by atoms with Crippen LogP contribution in [0.2, 0.25) is 0 Å². The molecule has 4 rings (SSSR count). The van der Waals surface area contributed by atoms with E-state index in [2.05, 4.69) is 32.6 Å². The van der Waals surface area contributed by atoms with Gasteiger partial charge in [0.2, 0.25) is 0 Å². The molecule has 4 aromatic rings. The van der Waals surface area contributed by atoms with Crippen LogP contribution in [0.1, 0.15) is 16.8 Å². The van der Waals surface area contributed by atoms with Gasteiger partial charge in [-0.05, 0) is 42.8 Å². The zero-order valence-electron chi connectivity index (χ0n) is 18.0. The highest BCUT2D eigenvalue weighted by atomic mass is 35.5. The molecule has 0 aliphatic carbocycles. The fraction of sp³-hybridized carbons (Fsp3) is 0.238. The molecule has 0 bridgehead atoms. The van der Waals surface area contributed by atoms with Gasteiger partial charge in [-0.2, -0.15) is 0 Å². The number of aromatic nitrogens is 5. The first-order valence-corrected chi connectivity index (χ1v) is 11.6. The molecule has 0 fully saturated rings. The predicted molar refractivity (Wildman–Crippen MR) is 127 cm³/mol. The van der Waals surface area contributed by atoms with Crippen molar-refractivity contribution in [3.63, 3.8) is 0 Å². The van der Waals surface area contributed by atoms with Crippen LogP contribution in [0.25, 0.3) is 17.0 Å². The Kier molecular flexibility index (Phi) is 9.45. The van der Waals surface area contributed by atoms with Gasteiger partial charge in [-0.15, -0.1) is 12.4 Å². The van der Waals surface area contributed by atoms with E-state index in [0.717, 1.165) is 56.2 Å². The highest BCUT2D eigenvalue weighted by Crippen LogP contribution is 2.33. The van der Waals surface area contributed by atoms with Gasteiger partial charge in [0.1, 0.15) is 22.7 Å². The van der Waals surface area contributed by atoms with Crippen molar-refractivity contribution in [2.45, 2.75) is 24.8 Å². The SMILES string of the molecule is COc1ccc2nc(-[n+]3cc(C)c(OC)c(C)c3CSSc3ncccn3)[nH]c2c1.Cl.[Cl-]. The third-order valence-corrected chi connectivity index (χ3v) is 6.75. The molecule has 0 aliphatic rings. The molecule has 0 atom stereocenters. The molecule has 0 saturated carbocycles. The summed E-state index contributed by atoms with van der Waals surface area (Å²) < 4.78 is 13.1. The van der Waals surface area contributed by atoms with Gasteiger partial charge < -0.3 is 21.9 Å². The lowest BCUT2D eigenvalue weighted by Crippen LogP contribution is -3.00. The lowest BCUT2D eigenvalue weighted by atomic mass is 10.1. The minimum Gasteiger partial charge on any atom is -1.00 e. The molecular formula is C21H23Cl2N5O2S2. The van der Waals surface area contributed by atoms with Crippen LogP contribution in [0.3, 0.4) is 0 Å². The quantitative estimate of drug-likeness (QED) is 0.229. The minimum atomic E-state index is 0. The number of aryl methyl sites for hydroxylation is 1. The van der Waals surface area contributed by atoms with E-state index in [4.69, 9.17) is 14.5 Å². The van der Waals surface area contributed by atoms with E-state index in [1.54, 1.807) is 48.2 Å². The summed E-state index contributed by atoms with van der Waals surface area (Å²) in [6.07, 6.45) is 5.55. The molecule has 1 aromatic carbocycles. The molecule has 0 spiro atoms. The van der Waals surface area contributed by atoms with Crippen LogP contribution in [-0.4, -0.2) is 34.2 Å². The lowest BCUT2D eigenvalue weighted by molar-refractivity contribution is -0.611. The molecule has 32 heavy (non-hydrogen) atoms. The number of rotatable bonds is 7. The van der Waals surface area contributed by atoms with Gasteiger partial charge in [-0.3, -0.25) is 0 Å². The Balaban J connectivity index is 0.00000181. The van der Waals surface area contributed by atoms with Crippen LogP contribution in [-0.2, 0) is 5.75 Å². The van der Waals surface area contributed by atoms with Crippen molar-refractivity contribution in [1.29, 1.82) is 0 Å². The lowest BCUT2D eigenvalue weighted by Gasteiger charge is -2.14. The van der Waals surface area contributed by atoms with E-state index in [-0.39, 0.29) is 24.8 Å². The molecule has 0 saturated heterocycles. The van der Waals surface area contributed by atoms with E-state index in [9.17, 15) is 0 Å². The van der Waals surface area contributed by atoms with E-state index in [1.807, 2.05) is 31.2 Å². The van der Waals surface area contributed by atoms with Gasteiger partial charge in [0.05, 0.1) is 26.2 Å². The van der Waals surface area contributed by atoms with Crippen molar-refractivity contribution in [3.05, 3.63) is 59.7 Å². The topological polar surface area (TPSA) is 76.8 Å². The second-order valence-corrected chi connectivity index (χ2v) is 8.87. The number of fused-ring (bicyclic) bond motifs is 1. The molecular weight excluding hydrogens is 489 g/mol. The summed E-state index contributed by atoms with van der Waals surface area (Å²) in [7, 11) is 6.59. The number of nitrogens with one attached hydrogen (secondary N) is 1. The van der Waals surface area contributed by atoms with Crippen molar-refractivity contribution < 1.29 is 26.4 Å². The summed E-state index contributed by atoms with van der Waals surface area (Å²) in [6.45, 7) is 4.12. The summed E-state index contributed by atoms with van der Waals surface area (Å²) in [5.74, 6) is 3.16. The standard InChI is InChI=1S/C21H22N5O2S2.2ClH/c1-13-11-26(20-24-16-7-6-15(27-3)10-17(16)25-20)18(14(2)19(13)28-4)12-29-30-21-22-8-5-9-23-21;;/h5-11H,12H2,1-4H3,(H,24,25);2*1H/q+1;;/p-1. The van der Waals surface area contributed by atoms with E-state index >= 15 is 0 Å². The third-order valence-electron chi connectivity index (χ3n) is 4.73. The maximum Gasteiger partial charge on any atom is 0.402 e. The predicted octanol–water partition coefficient (Wildman–Crippen LogP) is 1.63. The number of benzene rings is 1. The number of halogens is 2. The molecule has 3 aromatic heterocycles. The largest absolute Gasteiger partial charge is 1.00 e. The smallest absolute Gasteiger partial charge is 0.402 e. The Bertz CT molecular complexity index is 1190. The molecule has 0 aliphatic heterocycles. The maximum absolute atomic E-state index is 5.66. The van der Waals surface area contributed by atoms with Gasteiger partial charge in [-0.25, -0.2) is 19.5 Å². The molecule has 3 heterocycles. The molecule has 0 radical (unpaired) electrons. The van der Waals surface area contributed by atoms with Crippen LogP contribution in [0, 0.1) is 13.8 Å². The fourth-order valence-electron chi connectivity index (χ4n) is 3.30. The summed E-state index contributed by atoms with van der Waals surface area (Å²) in [5.41, 5.74) is 5.03. The fourth-order valence-corrected chi connectivity index (χ4v) is 5.23. The number of imidazole rings is 1. The van der Waals surface area contributed by atoms with Crippen molar-refractivity contribution >= 4 is 45.0 Å². The van der Waals surface area contributed by atoms with Crippen LogP contribution < -0.4 is 26.4 Å². The zero-order chi connectivity index (χ0) is 21.1. The van der Waals surface area contributed by atoms with Gasteiger partial charge in [0.15, 0.2) is 10.7 Å². The van der Waals surface area contributed by atoms with Gasteiger partial charge in [0.25, 0.3) is 0 Å². The summed E-state index contributed by atoms with van der Waals surface area (Å²) >= 11 is 0. The number of nitrogens with zero attached hydrogens (tertiary/aromatic N) is 4. The summed E-state index contributed by atoms with van der Waals surface area (Å²) in [4.78, 5) is 16.8. The number of aromatic amines is 1. The molecule has 1 N–H and O–H groups in total. The van der Waals surface area contributed by atoms with Crippen LogP contribution in [0.4, 0.5) is 0 Å². The van der Waals surface area contributed by atoms with Gasteiger partial charge >= 0.3 is 5.95 Å². The molecule has 170 valence electrons. The Hall–Kier alpha value is -2.20. The van der Waals surface area contributed by atoms with E-state index in [0.29, 0.717) is 0 Å². The summed E-state index contributed by atoms with van der Waals surface area (Å²) in [6, 6.07) is 7.63. The van der Waals surface area contributed by atoms with Crippen molar-refractivity contribution in [3.8, 4) is 17.4 Å². The number of hydrogen-bond donors (Lipinski definition) is 1. The maximum atomic E-state index is 5.66. The zero-order valence-corrected chi connectivity index (χ0v) is 21.2. The van der Waals surface area contributed by atoms with Crippen molar-refractivity contribution in [2.75, 3.05) is 14.2 Å². The highest BCUT2D eigenvalue weighted by Gasteiger charge is 2.23. The number of ether oxygens (including phenoxy) is 2. The second-order valence-electron chi connectivity index (χ2n) is 6.61. The Morgan fingerprint density at radius 2 is 1.84 bits per heavy atom.